The van der Waals surface area contributed by atoms with Crippen LogP contribution in [-0.4, -0.2) is 13.1 Å². The number of nitrogens with one attached hydrogen (secondary N) is 1. The first-order chi connectivity index (χ1) is 8.39. The lowest BCUT2D eigenvalue weighted by atomic mass is 9.74. The van der Waals surface area contributed by atoms with Crippen LogP contribution in [0.25, 0.3) is 0 Å². The summed E-state index contributed by atoms with van der Waals surface area (Å²) in [5, 5.41) is 4.38. The van der Waals surface area contributed by atoms with Crippen LogP contribution in [0.3, 0.4) is 0 Å². The van der Waals surface area contributed by atoms with E-state index in [-0.39, 0.29) is 5.41 Å². The maximum atomic E-state index is 6.35. The van der Waals surface area contributed by atoms with Crippen molar-refractivity contribution in [3.05, 3.63) is 34.3 Å². The molecule has 1 aromatic rings. The number of hydrogen-bond donors (Lipinski definition) is 1. The lowest BCUT2D eigenvalue weighted by Crippen LogP contribution is -2.38. The molecule has 102 valence electrons. The summed E-state index contributed by atoms with van der Waals surface area (Å²) in [5.74, 6) is 0.619. The van der Waals surface area contributed by atoms with E-state index in [2.05, 4.69) is 58.1 Å². The summed E-state index contributed by atoms with van der Waals surface area (Å²) in [6, 6.07) is 6.38. The van der Waals surface area contributed by atoms with Gasteiger partial charge in [0.15, 0.2) is 0 Å². The van der Waals surface area contributed by atoms with Crippen molar-refractivity contribution in [1.82, 2.24) is 5.32 Å². The average Bonchev–Trinajstić information content (AvgIpc) is 2.30. The van der Waals surface area contributed by atoms with Crippen LogP contribution in [0.4, 0.5) is 0 Å². The van der Waals surface area contributed by atoms with Crippen LogP contribution in [0.5, 0.6) is 0 Å². The molecule has 1 aromatic carbocycles. The largest absolute Gasteiger partial charge is 0.316 e. The van der Waals surface area contributed by atoms with Crippen LogP contribution in [0.2, 0.25) is 5.02 Å². The quantitative estimate of drug-likeness (QED) is 0.802. The van der Waals surface area contributed by atoms with Gasteiger partial charge in [-0.2, -0.15) is 0 Å². The second-order valence-corrected chi connectivity index (χ2v) is 6.27. The number of benzene rings is 1. The first-order valence-electron chi connectivity index (χ1n) is 6.85. The van der Waals surface area contributed by atoms with E-state index in [4.69, 9.17) is 11.6 Å². The van der Waals surface area contributed by atoms with E-state index in [0.717, 1.165) is 24.5 Å². The molecule has 0 aromatic heterocycles. The van der Waals surface area contributed by atoms with Crippen molar-refractivity contribution in [3.8, 4) is 0 Å². The van der Waals surface area contributed by atoms with Crippen molar-refractivity contribution in [1.29, 1.82) is 0 Å². The van der Waals surface area contributed by atoms with E-state index in [1.54, 1.807) is 0 Å². The molecule has 0 fully saturated rings. The van der Waals surface area contributed by atoms with Gasteiger partial charge in [0.05, 0.1) is 0 Å². The fourth-order valence-electron chi connectivity index (χ4n) is 2.11. The third-order valence-electron chi connectivity index (χ3n) is 3.98. The maximum Gasteiger partial charge on any atom is 0.0440 e. The molecule has 0 radical (unpaired) electrons. The normalized spacial score (nSPS) is 14.8. The maximum absolute atomic E-state index is 6.35. The van der Waals surface area contributed by atoms with E-state index in [1.165, 1.54) is 11.1 Å². The van der Waals surface area contributed by atoms with Crippen molar-refractivity contribution < 1.29 is 0 Å². The van der Waals surface area contributed by atoms with E-state index in [9.17, 15) is 0 Å². The molecule has 1 N–H and O–H groups in total. The second-order valence-electron chi connectivity index (χ2n) is 5.86. The number of halogens is 1. The van der Waals surface area contributed by atoms with Crippen LogP contribution in [0.1, 0.15) is 38.8 Å². The van der Waals surface area contributed by atoms with E-state index in [0.29, 0.717) is 5.92 Å². The smallest absolute Gasteiger partial charge is 0.0440 e. The molecule has 1 unspecified atom stereocenters. The number of aryl methyl sites for hydroxylation is 1. The Morgan fingerprint density at radius 2 is 2.00 bits per heavy atom. The van der Waals surface area contributed by atoms with Gasteiger partial charge >= 0.3 is 0 Å². The first-order valence-corrected chi connectivity index (χ1v) is 7.22. The minimum absolute atomic E-state index is 0.245. The Morgan fingerprint density at radius 3 is 2.50 bits per heavy atom. The van der Waals surface area contributed by atoms with Gasteiger partial charge in [0.1, 0.15) is 0 Å². The Kier molecular flexibility index (Phi) is 5.68. The zero-order valence-corrected chi connectivity index (χ0v) is 13.1. The molecule has 1 rings (SSSR count). The summed E-state index contributed by atoms with van der Waals surface area (Å²) in [5.41, 5.74) is 2.73. The van der Waals surface area contributed by atoms with Gasteiger partial charge in [-0.3, -0.25) is 0 Å². The third-order valence-corrected chi connectivity index (χ3v) is 4.33. The Bertz CT molecular complexity index is 387. The molecule has 0 aliphatic carbocycles. The highest BCUT2D eigenvalue weighted by molar-refractivity contribution is 6.31. The van der Waals surface area contributed by atoms with E-state index >= 15 is 0 Å². The molecule has 1 atom stereocenters. The molecule has 0 heterocycles. The average molecular weight is 268 g/mol. The molecule has 0 aliphatic rings. The minimum Gasteiger partial charge on any atom is -0.316 e. The zero-order chi connectivity index (χ0) is 13.8. The molecule has 2 heteroatoms. The molecule has 0 amide bonds. The summed E-state index contributed by atoms with van der Waals surface area (Å²) in [7, 11) is 0. The van der Waals surface area contributed by atoms with Gasteiger partial charge in [-0.25, -0.2) is 0 Å². The Morgan fingerprint density at radius 1 is 1.33 bits per heavy atom. The highest BCUT2D eigenvalue weighted by Gasteiger charge is 2.28. The van der Waals surface area contributed by atoms with Crippen LogP contribution in [-0.2, 0) is 6.42 Å². The summed E-state index contributed by atoms with van der Waals surface area (Å²) < 4.78 is 0. The summed E-state index contributed by atoms with van der Waals surface area (Å²) in [4.78, 5) is 0. The topological polar surface area (TPSA) is 12.0 Å². The van der Waals surface area contributed by atoms with Crippen LogP contribution >= 0.6 is 11.6 Å². The molecular formula is C16H26ClN. The standard InChI is InChI=1S/C16H26ClN/c1-6-18-11-16(5,12(2)3)10-14-8-7-13(4)9-15(14)17/h7-9,12,18H,6,10-11H2,1-5H3. The summed E-state index contributed by atoms with van der Waals surface area (Å²) in [6.07, 6.45) is 1.02. The van der Waals surface area contributed by atoms with Crippen molar-refractivity contribution in [2.24, 2.45) is 11.3 Å². The van der Waals surface area contributed by atoms with Gasteiger partial charge in [0, 0.05) is 11.6 Å². The minimum atomic E-state index is 0.245. The van der Waals surface area contributed by atoms with Crippen LogP contribution in [0.15, 0.2) is 18.2 Å². The molecule has 0 saturated carbocycles. The Balaban J connectivity index is 2.89. The fraction of sp³-hybridized carbons (Fsp3) is 0.625. The van der Waals surface area contributed by atoms with Crippen LogP contribution in [0, 0.1) is 18.3 Å². The molecule has 1 nitrogen and oxygen atoms in total. The monoisotopic (exact) mass is 267 g/mol. The molecule has 18 heavy (non-hydrogen) atoms. The molecule has 0 spiro atoms. The fourth-order valence-corrected chi connectivity index (χ4v) is 2.41. The second kappa shape index (κ2) is 6.58. The van der Waals surface area contributed by atoms with Gasteiger partial charge in [-0.1, -0.05) is 51.4 Å². The van der Waals surface area contributed by atoms with Gasteiger partial charge < -0.3 is 5.32 Å². The lowest BCUT2D eigenvalue weighted by molar-refractivity contribution is 0.209. The van der Waals surface area contributed by atoms with Crippen molar-refractivity contribution in [2.75, 3.05) is 13.1 Å². The third kappa shape index (κ3) is 4.00. The molecule has 0 bridgehead atoms. The summed E-state index contributed by atoms with van der Waals surface area (Å²) in [6.45, 7) is 13.2. The van der Waals surface area contributed by atoms with Gasteiger partial charge in [0.25, 0.3) is 0 Å². The first kappa shape index (κ1) is 15.5. The molecule has 0 aliphatic heterocycles. The van der Waals surface area contributed by atoms with Gasteiger partial charge in [0.2, 0.25) is 0 Å². The Hall–Kier alpha value is -0.530. The predicted molar refractivity (Wildman–Crippen MR) is 81.4 cm³/mol. The van der Waals surface area contributed by atoms with Crippen molar-refractivity contribution in [3.63, 3.8) is 0 Å². The van der Waals surface area contributed by atoms with Crippen molar-refractivity contribution >= 4 is 11.6 Å². The van der Waals surface area contributed by atoms with E-state index in [1.807, 2.05) is 0 Å². The van der Waals surface area contributed by atoms with Crippen LogP contribution < -0.4 is 5.32 Å². The highest BCUT2D eigenvalue weighted by atomic mass is 35.5. The SMILES string of the molecule is CCNCC(C)(Cc1ccc(C)cc1Cl)C(C)C. The predicted octanol–water partition coefficient (Wildman–Crippen LogP) is 4.46. The van der Waals surface area contributed by atoms with Gasteiger partial charge in [-0.05, 0) is 48.4 Å². The lowest BCUT2D eigenvalue weighted by Gasteiger charge is -2.34. The zero-order valence-electron chi connectivity index (χ0n) is 12.3. The van der Waals surface area contributed by atoms with Crippen molar-refractivity contribution in [2.45, 2.75) is 41.0 Å². The summed E-state index contributed by atoms with van der Waals surface area (Å²) >= 11 is 6.35. The van der Waals surface area contributed by atoms with Gasteiger partial charge in [-0.15, -0.1) is 0 Å². The van der Waals surface area contributed by atoms with E-state index < -0.39 is 0 Å². The molecular weight excluding hydrogens is 242 g/mol. The molecule has 0 saturated heterocycles. The number of hydrogen-bond acceptors (Lipinski definition) is 1. The Labute approximate surface area is 117 Å². The highest BCUT2D eigenvalue weighted by Crippen LogP contribution is 2.33. The number of rotatable bonds is 6.